The summed E-state index contributed by atoms with van der Waals surface area (Å²) in [5.74, 6) is 0.355. The van der Waals surface area contributed by atoms with E-state index in [1.165, 1.54) is 0 Å². The van der Waals surface area contributed by atoms with Crippen LogP contribution in [0.3, 0.4) is 0 Å². The molecule has 6 unspecified atom stereocenters. The smallest absolute Gasteiger partial charge is 0.726 e. The third kappa shape index (κ3) is 6.21. The molecule has 0 amide bonds. The minimum absolute atomic E-state index is 0. The van der Waals surface area contributed by atoms with E-state index < -0.39 is 47.8 Å². The number of rotatable bonds is 9. The van der Waals surface area contributed by atoms with E-state index in [0.29, 0.717) is 25.7 Å². The maximum absolute atomic E-state index is 11.7. The standard InChI is InChI=1S/C27H48O9S.Na/c1-15(4-7-22(30)16(13-28)14-36-37(33,34)35)19-5-6-20-25-21(12-24(32)27(19,20)3)26(2)9-8-18(29)10-17(26)11-23(25)31;/h15-25,28-32H,4-14H2,1-3H3,(H,33,34,35);/q;+1/p-1/t15-,16?,17?,18-,19-,20?,21?,22+,23-,24?,25?,26+,27-;/m1./s1. The Balaban J connectivity index is 0.00000400. The van der Waals surface area contributed by atoms with E-state index in [1.807, 2.05) is 0 Å². The molecule has 0 aromatic carbocycles. The van der Waals surface area contributed by atoms with Crippen LogP contribution < -0.4 is 29.6 Å². The molecule has 4 fully saturated rings. The predicted octanol–water partition coefficient (Wildman–Crippen LogP) is -1.19. The van der Waals surface area contributed by atoms with Gasteiger partial charge in [-0.25, -0.2) is 8.42 Å². The normalized spacial score (nSPS) is 45.2. The monoisotopic (exact) mass is 570 g/mol. The Morgan fingerprint density at radius 1 is 1.03 bits per heavy atom. The van der Waals surface area contributed by atoms with Crippen LogP contribution in [0.5, 0.6) is 0 Å². The van der Waals surface area contributed by atoms with Crippen molar-refractivity contribution >= 4 is 10.4 Å². The molecule has 0 heterocycles. The molecule has 4 aliphatic rings. The number of hydrogen-bond acceptors (Lipinski definition) is 9. The van der Waals surface area contributed by atoms with Crippen LogP contribution in [0.4, 0.5) is 0 Å². The van der Waals surface area contributed by atoms with Gasteiger partial charge in [0, 0.05) is 5.92 Å². The van der Waals surface area contributed by atoms with Gasteiger partial charge < -0.3 is 30.1 Å². The summed E-state index contributed by atoms with van der Waals surface area (Å²) >= 11 is 0. The third-order valence-corrected chi connectivity index (χ3v) is 12.1. The second kappa shape index (κ2) is 12.5. The second-order valence-corrected chi connectivity index (χ2v) is 14.3. The first kappa shape index (κ1) is 33.2. The predicted molar refractivity (Wildman–Crippen MR) is 135 cm³/mol. The summed E-state index contributed by atoms with van der Waals surface area (Å²) < 4.78 is 36.5. The average molecular weight is 571 g/mol. The Labute approximate surface area is 250 Å². The second-order valence-electron chi connectivity index (χ2n) is 13.3. The molecule has 4 aliphatic carbocycles. The molecule has 5 N–H and O–H groups in total. The quantitative estimate of drug-likeness (QED) is 0.130. The topological polar surface area (TPSA) is 168 Å². The Morgan fingerprint density at radius 3 is 2.34 bits per heavy atom. The van der Waals surface area contributed by atoms with Crippen LogP contribution in [0.2, 0.25) is 0 Å². The fourth-order valence-electron chi connectivity index (χ4n) is 9.46. The minimum Gasteiger partial charge on any atom is -0.726 e. The largest absolute Gasteiger partial charge is 1.00 e. The van der Waals surface area contributed by atoms with E-state index >= 15 is 0 Å². The molecular formula is C27H47NaO9S. The first-order valence-electron chi connectivity index (χ1n) is 14.2. The van der Waals surface area contributed by atoms with Gasteiger partial charge in [0.1, 0.15) is 0 Å². The summed E-state index contributed by atoms with van der Waals surface area (Å²) in [6.45, 7) is 5.56. The molecule has 4 saturated carbocycles. The molecular weight excluding hydrogens is 523 g/mol. The fourth-order valence-corrected chi connectivity index (χ4v) is 9.80. The number of aliphatic hydroxyl groups is 5. The van der Waals surface area contributed by atoms with Crippen molar-refractivity contribution in [2.24, 2.45) is 52.3 Å². The average Bonchev–Trinajstić information content (AvgIpc) is 3.17. The Hall–Kier alpha value is 0.670. The van der Waals surface area contributed by atoms with Gasteiger partial charge in [-0.2, -0.15) is 0 Å². The van der Waals surface area contributed by atoms with Crippen LogP contribution >= 0.6 is 0 Å². The van der Waals surface area contributed by atoms with Crippen molar-refractivity contribution < 1.29 is 72.2 Å². The van der Waals surface area contributed by atoms with Crippen molar-refractivity contribution in [1.82, 2.24) is 0 Å². The summed E-state index contributed by atoms with van der Waals surface area (Å²) in [6.07, 6.45) is 4.42. The molecule has 0 spiro atoms. The zero-order chi connectivity index (χ0) is 27.3. The van der Waals surface area contributed by atoms with Gasteiger partial charge in [-0.15, -0.1) is 0 Å². The van der Waals surface area contributed by atoms with Gasteiger partial charge in [0.25, 0.3) is 0 Å². The maximum atomic E-state index is 11.7. The molecule has 11 heteroatoms. The van der Waals surface area contributed by atoms with Gasteiger partial charge in [-0.05, 0) is 104 Å². The number of aliphatic hydroxyl groups excluding tert-OH is 5. The Morgan fingerprint density at radius 2 is 1.71 bits per heavy atom. The first-order valence-corrected chi connectivity index (χ1v) is 15.5. The van der Waals surface area contributed by atoms with Gasteiger partial charge in [-0.1, -0.05) is 20.8 Å². The zero-order valence-corrected chi connectivity index (χ0v) is 26.2. The van der Waals surface area contributed by atoms with E-state index in [4.69, 9.17) is 0 Å². The zero-order valence-electron chi connectivity index (χ0n) is 23.4. The molecule has 0 bridgehead atoms. The van der Waals surface area contributed by atoms with Gasteiger partial charge >= 0.3 is 29.6 Å². The van der Waals surface area contributed by atoms with E-state index in [-0.39, 0.29) is 82.0 Å². The van der Waals surface area contributed by atoms with Crippen LogP contribution in [0.25, 0.3) is 0 Å². The minimum atomic E-state index is -4.90. The van der Waals surface area contributed by atoms with Crippen LogP contribution in [0, 0.1) is 52.3 Å². The summed E-state index contributed by atoms with van der Waals surface area (Å²) in [4.78, 5) is 0. The van der Waals surface area contributed by atoms with Crippen molar-refractivity contribution in [3.8, 4) is 0 Å². The van der Waals surface area contributed by atoms with E-state index in [1.54, 1.807) is 0 Å². The molecule has 216 valence electrons. The Kier molecular flexibility index (Phi) is 10.9. The van der Waals surface area contributed by atoms with E-state index in [9.17, 15) is 38.5 Å². The van der Waals surface area contributed by atoms with Crippen molar-refractivity contribution in [2.45, 2.75) is 103 Å². The molecule has 9 nitrogen and oxygen atoms in total. The van der Waals surface area contributed by atoms with Crippen LogP contribution in [-0.4, -0.2) is 76.1 Å². The summed E-state index contributed by atoms with van der Waals surface area (Å²) in [6, 6.07) is 0. The maximum Gasteiger partial charge on any atom is 1.00 e. The number of fused-ring (bicyclic) bond motifs is 5. The van der Waals surface area contributed by atoms with Crippen LogP contribution in [0.15, 0.2) is 0 Å². The molecule has 4 rings (SSSR count). The molecule has 0 saturated heterocycles. The van der Waals surface area contributed by atoms with E-state index in [2.05, 4.69) is 25.0 Å². The molecule has 38 heavy (non-hydrogen) atoms. The molecule has 0 aliphatic heterocycles. The van der Waals surface area contributed by atoms with Gasteiger partial charge in [0.15, 0.2) is 0 Å². The molecule has 13 atom stereocenters. The molecule has 0 aromatic heterocycles. The van der Waals surface area contributed by atoms with Crippen molar-refractivity contribution in [3.05, 3.63) is 0 Å². The van der Waals surface area contributed by atoms with Crippen LogP contribution in [-0.2, 0) is 14.6 Å². The molecule has 0 radical (unpaired) electrons. The third-order valence-electron chi connectivity index (χ3n) is 11.6. The summed E-state index contributed by atoms with van der Waals surface area (Å²) in [5.41, 5.74) is -0.321. The van der Waals surface area contributed by atoms with Gasteiger partial charge in [0.2, 0.25) is 10.4 Å². The van der Waals surface area contributed by atoms with Crippen LogP contribution in [0.1, 0.15) is 78.6 Å². The van der Waals surface area contributed by atoms with Gasteiger partial charge in [0.05, 0.1) is 37.6 Å². The number of hydrogen-bond donors (Lipinski definition) is 5. The summed E-state index contributed by atoms with van der Waals surface area (Å²) in [7, 11) is -4.90. The van der Waals surface area contributed by atoms with Gasteiger partial charge in [-0.3, -0.25) is 4.18 Å². The first-order chi connectivity index (χ1) is 17.2. The molecule has 0 aromatic rings. The van der Waals surface area contributed by atoms with Crippen molar-refractivity contribution in [1.29, 1.82) is 0 Å². The van der Waals surface area contributed by atoms with Crippen molar-refractivity contribution in [2.75, 3.05) is 13.2 Å². The van der Waals surface area contributed by atoms with Crippen molar-refractivity contribution in [3.63, 3.8) is 0 Å². The Bertz CT molecular complexity index is 905. The summed E-state index contributed by atoms with van der Waals surface area (Å²) in [5, 5.41) is 53.4. The SMILES string of the molecule is C[C@H](CC[C@H](O)C(CO)COS(=O)(=O)[O-])[C@H]1CCC2C3C(CC(O)[C@@]21C)[C@@]1(C)CC[C@@H](O)CC1C[C@H]3O.[Na+]. The fraction of sp³-hybridized carbons (Fsp3) is 1.00. The van der Waals surface area contributed by atoms with E-state index in [0.717, 1.165) is 32.1 Å².